The number of nitrogens with zero attached hydrogens (tertiary/aromatic N) is 1. The summed E-state index contributed by atoms with van der Waals surface area (Å²) in [5.74, 6) is 0. The molecule has 2 N–H and O–H groups in total. The SMILES string of the molecule is CCCCCCN1CC(C)OC(CN)C1. The summed E-state index contributed by atoms with van der Waals surface area (Å²) in [6, 6.07) is 0. The van der Waals surface area contributed by atoms with Crippen molar-refractivity contribution in [1.29, 1.82) is 0 Å². The molecule has 15 heavy (non-hydrogen) atoms. The van der Waals surface area contributed by atoms with Crippen molar-refractivity contribution in [2.24, 2.45) is 5.73 Å². The van der Waals surface area contributed by atoms with Crippen LogP contribution in [0.2, 0.25) is 0 Å². The molecule has 1 saturated heterocycles. The van der Waals surface area contributed by atoms with E-state index < -0.39 is 0 Å². The molecule has 0 aromatic rings. The van der Waals surface area contributed by atoms with Gasteiger partial charge in [-0.1, -0.05) is 26.2 Å². The Morgan fingerprint density at radius 2 is 2.07 bits per heavy atom. The van der Waals surface area contributed by atoms with Gasteiger partial charge in [-0.15, -0.1) is 0 Å². The maximum Gasteiger partial charge on any atom is 0.0828 e. The van der Waals surface area contributed by atoms with Crippen LogP contribution < -0.4 is 5.73 Å². The molecule has 3 heteroatoms. The third kappa shape index (κ3) is 4.96. The molecule has 3 nitrogen and oxygen atoms in total. The smallest absolute Gasteiger partial charge is 0.0828 e. The second-order valence-corrected chi connectivity index (χ2v) is 4.62. The minimum Gasteiger partial charge on any atom is -0.371 e. The van der Waals surface area contributed by atoms with Crippen LogP contribution in [-0.2, 0) is 4.74 Å². The van der Waals surface area contributed by atoms with Crippen LogP contribution in [0, 0.1) is 0 Å². The van der Waals surface area contributed by atoms with Gasteiger partial charge in [0.1, 0.15) is 0 Å². The molecule has 0 aromatic carbocycles. The minimum absolute atomic E-state index is 0.250. The van der Waals surface area contributed by atoms with Crippen molar-refractivity contribution in [3.8, 4) is 0 Å². The number of morpholine rings is 1. The summed E-state index contributed by atoms with van der Waals surface area (Å²) >= 11 is 0. The molecule has 90 valence electrons. The Morgan fingerprint density at radius 3 is 2.73 bits per heavy atom. The molecule has 1 aliphatic rings. The van der Waals surface area contributed by atoms with Crippen LogP contribution in [0.5, 0.6) is 0 Å². The molecular formula is C12H26N2O. The molecule has 0 spiro atoms. The molecule has 1 aliphatic heterocycles. The third-order valence-corrected chi connectivity index (χ3v) is 2.99. The fourth-order valence-electron chi connectivity index (χ4n) is 2.22. The van der Waals surface area contributed by atoms with Crippen molar-refractivity contribution in [3.63, 3.8) is 0 Å². The maximum absolute atomic E-state index is 5.73. The van der Waals surface area contributed by atoms with Crippen LogP contribution in [0.4, 0.5) is 0 Å². The molecule has 0 radical (unpaired) electrons. The summed E-state index contributed by atoms with van der Waals surface area (Å²) in [5, 5.41) is 0. The second kappa shape index (κ2) is 7.20. The Bertz CT molecular complexity index is 164. The van der Waals surface area contributed by atoms with Crippen molar-refractivity contribution in [2.45, 2.75) is 51.7 Å². The minimum atomic E-state index is 0.250. The largest absolute Gasteiger partial charge is 0.371 e. The van der Waals surface area contributed by atoms with Crippen LogP contribution in [0.25, 0.3) is 0 Å². The fraction of sp³-hybridized carbons (Fsp3) is 1.00. The normalized spacial score (nSPS) is 28.2. The van der Waals surface area contributed by atoms with Crippen molar-refractivity contribution in [2.75, 3.05) is 26.2 Å². The summed E-state index contributed by atoms with van der Waals surface area (Å²) in [6.45, 7) is 8.34. The van der Waals surface area contributed by atoms with E-state index in [9.17, 15) is 0 Å². The van der Waals surface area contributed by atoms with Crippen LogP contribution in [-0.4, -0.2) is 43.3 Å². The summed E-state index contributed by atoms with van der Waals surface area (Å²) in [4.78, 5) is 2.50. The van der Waals surface area contributed by atoms with E-state index in [4.69, 9.17) is 10.5 Å². The number of unbranched alkanes of at least 4 members (excludes halogenated alkanes) is 3. The third-order valence-electron chi connectivity index (χ3n) is 2.99. The van der Waals surface area contributed by atoms with E-state index in [-0.39, 0.29) is 6.10 Å². The fourth-order valence-corrected chi connectivity index (χ4v) is 2.22. The molecule has 2 atom stereocenters. The Morgan fingerprint density at radius 1 is 1.27 bits per heavy atom. The summed E-state index contributed by atoms with van der Waals surface area (Å²) in [5.41, 5.74) is 5.65. The van der Waals surface area contributed by atoms with Crippen LogP contribution in [0.1, 0.15) is 39.5 Å². The zero-order chi connectivity index (χ0) is 11.1. The van der Waals surface area contributed by atoms with Gasteiger partial charge in [0.15, 0.2) is 0 Å². The number of hydrogen-bond acceptors (Lipinski definition) is 3. The topological polar surface area (TPSA) is 38.5 Å². The molecule has 1 fully saturated rings. The Hall–Kier alpha value is -0.120. The Kier molecular flexibility index (Phi) is 6.22. The highest BCUT2D eigenvalue weighted by Crippen LogP contribution is 2.11. The first-order valence-corrected chi connectivity index (χ1v) is 6.34. The molecule has 0 aromatic heterocycles. The van der Waals surface area contributed by atoms with E-state index in [0.717, 1.165) is 13.1 Å². The number of nitrogens with two attached hydrogens (primary N) is 1. The number of hydrogen-bond donors (Lipinski definition) is 1. The lowest BCUT2D eigenvalue weighted by atomic mass is 10.1. The molecule has 0 amide bonds. The Labute approximate surface area is 94.0 Å². The van der Waals surface area contributed by atoms with Gasteiger partial charge in [-0.3, -0.25) is 4.90 Å². The maximum atomic E-state index is 5.73. The Balaban J connectivity index is 2.16. The lowest BCUT2D eigenvalue weighted by Crippen LogP contribution is -2.49. The second-order valence-electron chi connectivity index (χ2n) is 4.62. The lowest BCUT2D eigenvalue weighted by molar-refractivity contribution is -0.0722. The van der Waals surface area contributed by atoms with E-state index in [1.807, 2.05) is 0 Å². The molecular weight excluding hydrogens is 188 g/mol. The zero-order valence-electron chi connectivity index (χ0n) is 10.2. The first-order valence-electron chi connectivity index (χ1n) is 6.34. The molecule has 1 heterocycles. The van der Waals surface area contributed by atoms with Gasteiger partial charge in [0, 0.05) is 19.6 Å². The highest BCUT2D eigenvalue weighted by atomic mass is 16.5. The van der Waals surface area contributed by atoms with E-state index in [2.05, 4.69) is 18.7 Å². The van der Waals surface area contributed by atoms with Gasteiger partial charge in [-0.05, 0) is 19.9 Å². The zero-order valence-corrected chi connectivity index (χ0v) is 10.2. The molecule has 1 rings (SSSR count). The van der Waals surface area contributed by atoms with E-state index in [1.165, 1.54) is 32.2 Å². The van der Waals surface area contributed by atoms with Gasteiger partial charge in [0.2, 0.25) is 0 Å². The highest BCUT2D eigenvalue weighted by molar-refractivity contribution is 4.76. The summed E-state index contributed by atoms with van der Waals surface area (Å²) < 4.78 is 5.73. The van der Waals surface area contributed by atoms with Crippen molar-refractivity contribution < 1.29 is 4.74 Å². The molecule has 2 unspecified atom stereocenters. The average molecular weight is 214 g/mol. The molecule has 0 bridgehead atoms. The van der Waals surface area contributed by atoms with Crippen molar-refractivity contribution in [3.05, 3.63) is 0 Å². The predicted molar refractivity (Wildman–Crippen MR) is 64.0 cm³/mol. The predicted octanol–water partition coefficient (Wildman–Crippen LogP) is 1.61. The average Bonchev–Trinajstić information content (AvgIpc) is 2.23. The van der Waals surface area contributed by atoms with Gasteiger partial charge < -0.3 is 10.5 Å². The summed E-state index contributed by atoms with van der Waals surface area (Å²) in [6.07, 6.45) is 5.94. The van der Waals surface area contributed by atoms with Gasteiger partial charge >= 0.3 is 0 Å². The van der Waals surface area contributed by atoms with Crippen molar-refractivity contribution >= 4 is 0 Å². The number of ether oxygens (including phenoxy) is 1. The monoisotopic (exact) mass is 214 g/mol. The van der Waals surface area contributed by atoms with E-state index >= 15 is 0 Å². The van der Waals surface area contributed by atoms with Crippen LogP contribution in [0.15, 0.2) is 0 Å². The quantitative estimate of drug-likeness (QED) is 0.683. The first-order chi connectivity index (χ1) is 7.26. The van der Waals surface area contributed by atoms with Gasteiger partial charge in [0.05, 0.1) is 12.2 Å². The first kappa shape index (κ1) is 12.9. The summed E-state index contributed by atoms with van der Waals surface area (Å²) in [7, 11) is 0. The molecule has 0 saturated carbocycles. The van der Waals surface area contributed by atoms with Crippen molar-refractivity contribution in [1.82, 2.24) is 4.90 Å². The van der Waals surface area contributed by atoms with Crippen LogP contribution in [0.3, 0.4) is 0 Å². The van der Waals surface area contributed by atoms with E-state index in [0.29, 0.717) is 12.6 Å². The van der Waals surface area contributed by atoms with Gasteiger partial charge in [0.25, 0.3) is 0 Å². The van der Waals surface area contributed by atoms with Gasteiger partial charge in [-0.2, -0.15) is 0 Å². The lowest BCUT2D eigenvalue weighted by Gasteiger charge is -2.36. The van der Waals surface area contributed by atoms with Crippen LogP contribution >= 0.6 is 0 Å². The van der Waals surface area contributed by atoms with Gasteiger partial charge in [-0.25, -0.2) is 0 Å². The molecule has 0 aliphatic carbocycles. The van der Waals surface area contributed by atoms with E-state index in [1.54, 1.807) is 0 Å². The number of rotatable bonds is 6. The standard InChI is InChI=1S/C12H26N2O/c1-3-4-5-6-7-14-9-11(2)15-12(8-13)10-14/h11-12H,3-10,13H2,1-2H3. The highest BCUT2D eigenvalue weighted by Gasteiger charge is 2.23.